The van der Waals surface area contributed by atoms with Crippen LogP contribution in [0.2, 0.25) is 0 Å². The molecule has 0 saturated carbocycles. The maximum absolute atomic E-state index is 13.1. The molecule has 1 aromatic heterocycles. The van der Waals surface area contributed by atoms with Gasteiger partial charge in [0, 0.05) is 29.3 Å². The summed E-state index contributed by atoms with van der Waals surface area (Å²) in [4.78, 5) is 0. The highest BCUT2D eigenvalue weighted by atomic mass is 79.9. The highest BCUT2D eigenvalue weighted by Crippen LogP contribution is 2.25. The van der Waals surface area contributed by atoms with Crippen LogP contribution in [0, 0.1) is 5.82 Å². The zero-order chi connectivity index (χ0) is 14.0. The Balaban J connectivity index is 2.22. The Morgan fingerprint density at radius 2 is 2.21 bits per heavy atom. The number of aryl methyl sites for hydroxylation is 2. The van der Waals surface area contributed by atoms with E-state index in [1.54, 1.807) is 10.7 Å². The summed E-state index contributed by atoms with van der Waals surface area (Å²) >= 11 is 3.37. The second-order valence-electron chi connectivity index (χ2n) is 4.60. The van der Waals surface area contributed by atoms with Crippen LogP contribution in [0.4, 0.5) is 4.39 Å². The van der Waals surface area contributed by atoms with Crippen molar-refractivity contribution in [1.82, 2.24) is 9.78 Å². The Morgan fingerprint density at radius 3 is 2.84 bits per heavy atom. The molecule has 1 unspecified atom stereocenters. The molecule has 2 aromatic rings. The van der Waals surface area contributed by atoms with Gasteiger partial charge in [-0.05, 0) is 30.5 Å². The van der Waals surface area contributed by atoms with Gasteiger partial charge in [0.25, 0.3) is 0 Å². The molecule has 2 N–H and O–H groups in total. The van der Waals surface area contributed by atoms with Gasteiger partial charge in [0.05, 0.1) is 5.69 Å². The third-order valence-corrected chi connectivity index (χ3v) is 3.87. The lowest BCUT2D eigenvalue weighted by molar-refractivity contribution is 0.624. The maximum Gasteiger partial charge on any atom is 0.124 e. The van der Waals surface area contributed by atoms with Crippen molar-refractivity contribution in [3.05, 3.63) is 51.5 Å². The molecule has 0 aliphatic heterocycles. The van der Waals surface area contributed by atoms with Crippen LogP contribution in [0.1, 0.15) is 29.8 Å². The van der Waals surface area contributed by atoms with Crippen LogP contribution < -0.4 is 5.73 Å². The molecule has 0 aliphatic carbocycles. The number of rotatable bonds is 4. The normalized spacial score (nSPS) is 12.7. The fourth-order valence-electron chi connectivity index (χ4n) is 2.17. The molecule has 0 fully saturated rings. The lowest BCUT2D eigenvalue weighted by Gasteiger charge is -2.12. The number of benzene rings is 1. The van der Waals surface area contributed by atoms with E-state index in [1.165, 1.54) is 12.1 Å². The number of halogens is 2. The molecule has 5 heteroatoms. The van der Waals surface area contributed by atoms with E-state index in [-0.39, 0.29) is 11.9 Å². The molecule has 102 valence electrons. The lowest BCUT2D eigenvalue weighted by Crippen LogP contribution is -2.14. The van der Waals surface area contributed by atoms with Gasteiger partial charge in [-0.15, -0.1) is 0 Å². The van der Waals surface area contributed by atoms with Gasteiger partial charge in [-0.1, -0.05) is 28.9 Å². The fourth-order valence-corrected chi connectivity index (χ4v) is 2.68. The van der Waals surface area contributed by atoms with Crippen molar-refractivity contribution in [3.63, 3.8) is 0 Å². The molecule has 0 spiro atoms. The van der Waals surface area contributed by atoms with Crippen molar-refractivity contribution in [2.24, 2.45) is 12.8 Å². The number of hydrogen-bond acceptors (Lipinski definition) is 2. The van der Waals surface area contributed by atoms with Gasteiger partial charge in [0.1, 0.15) is 5.82 Å². The van der Waals surface area contributed by atoms with E-state index < -0.39 is 0 Å². The Hall–Kier alpha value is -1.20. The average Bonchev–Trinajstić information content (AvgIpc) is 2.74. The molecule has 1 aromatic carbocycles. The van der Waals surface area contributed by atoms with E-state index in [2.05, 4.69) is 28.0 Å². The molecular formula is C14H17BrFN3. The van der Waals surface area contributed by atoms with E-state index in [0.29, 0.717) is 6.42 Å². The minimum Gasteiger partial charge on any atom is -0.324 e. The third kappa shape index (κ3) is 3.22. The summed E-state index contributed by atoms with van der Waals surface area (Å²) in [5.41, 5.74) is 9.33. The van der Waals surface area contributed by atoms with Crippen LogP contribution in [0.25, 0.3) is 0 Å². The zero-order valence-corrected chi connectivity index (χ0v) is 12.6. The van der Waals surface area contributed by atoms with Crippen LogP contribution in [-0.4, -0.2) is 9.78 Å². The van der Waals surface area contributed by atoms with E-state index in [1.807, 2.05) is 13.2 Å². The molecule has 0 saturated heterocycles. The maximum atomic E-state index is 13.1. The van der Waals surface area contributed by atoms with Crippen molar-refractivity contribution >= 4 is 15.9 Å². The van der Waals surface area contributed by atoms with Crippen LogP contribution in [0.5, 0.6) is 0 Å². The summed E-state index contributed by atoms with van der Waals surface area (Å²) in [5.74, 6) is -0.250. The highest BCUT2D eigenvalue weighted by Gasteiger charge is 2.15. The molecule has 0 radical (unpaired) electrons. The van der Waals surface area contributed by atoms with Crippen molar-refractivity contribution in [2.45, 2.75) is 25.8 Å². The summed E-state index contributed by atoms with van der Waals surface area (Å²) in [6, 6.07) is 4.55. The summed E-state index contributed by atoms with van der Waals surface area (Å²) in [5, 5.41) is 4.39. The number of nitrogens with zero attached hydrogens (tertiary/aromatic N) is 2. The average molecular weight is 326 g/mol. The second-order valence-corrected chi connectivity index (χ2v) is 5.46. The Labute approximate surface area is 120 Å². The summed E-state index contributed by atoms with van der Waals surface area (Å²) in [7, 11) is 1.89. The van der Waals surface area contributed by atoms with Gasteiger partial charge in [-0.3, -0.25) is 4.68 Å². The second kappa shape index (κ2) is 5.84. The number of hydrogen-bond donors (Lipinski definition) is 1. The molecule has 0 amide bonds. The van der Waals surface area contributed by atoms with Crippen LogP contribution in [0.3, 0.4) is 0 Å². The first-order chi connectivity index (χ1) is 9.01. The van der Waals surface area contributed by atoms with Crippen molar-refractivity contribution in [2.75, 3.05) is 0 Å². The Bertz CT molecular complexity index is 580. The number of aromatic nitrogens is 2. The first kappa shape index (κ1) is 14.2. The zero-order valence-electron chi connectivity index (χ0n) is 11.0. The molecule has 2 rings (SSSR count). The molecule has 19 heavy (non-hydrogen) atoms. The highest BCUT2D eigenvalue weighted by molar-refractivity contribution is 9.10. The third-order valence-electron chi connectivity index (χ3n) is 3.13. The predicted molar refractivity (Wildman–Crippen MR) is 77.3 cm³/mol. The van der Waals surface area contributed by atoms with E-state index in [0.717, 1.165) is 27.7 Å². The van der Waals surface area contributed by atoms with Crippen molar-refractivity contribution in [3.8, 4) is 0 Å². The van der Waals surface area contributed by atoms with Gasteiger partial charge in [-0.2, -0.15) is 5.10 Å². The topological polar surface area (TPSA) is 43.8 Å². The molecular weight excluding hydrogens is 309 g/mol. The lowest BCUT2D eigenvalue weighted by atomic mass is 9.99. The summed E-state index contributed by atoms with van der Waals surface area (Å²) in [6.07, 6.45) is 3.47. The molecule has 0 bridgehead atoms. The SMILES string of the molecule is CCc1nn(C)cc1C(N)Cc1ccc(F)cc1Br. The summed E-state index contributed by atoms with van der Waals surface area (Å²) in [6.45, 7) is 2.06. The molecule has 0 aliphatic rings. The fraction of sp³-hybridized carbons (Fsp3) is 0.357. The van der Waals surface area contributed by atoms with Gasteiger partial charge < -0.3 is 5.73 Å². The van der Waals surface area contributed by atoms with Gasteiger partial charge in [0.2, 0.25) is 0 Å². The first-order valence-electron chi connectivity index (χ1n) is 6.23. The Kier molecular flexibility index (Phi) is 4.37. The monoisotopic (exact) mass is 325 g/mol. The molecule has 1 atom stereocenters. The Morgan fingerprint density at radius 1 is 1.47 bits per heavy atom. The van der Waals surface area contributed by atoms with E-state index >= 15 is 0 Å². The summed E-state index contributed by atoms with van der Waals surface area (Å²) < 4.78 is 15.6. The standard InChI is InChI=1S/C14H17BrFN3/c1-3-14-11(8-19(2)18-14)13(17)6-9-4-5-10(16)7-12(9)15/h4-5,7-8,13H,3,6,17H2,1-2H3. The quantitative estimate of drug-likeness (QED) is 0.938. The van der Waals surface area contributed by atoms with Gasteiger partial charge in [0.15, 0.2) is 0 Å². The van der Waals surface area contributed by atoms with Crippen LogP contribution >= 0.6 is 15.9 Å². The van der Waals surface area contributed by atoms with Crippen LogP contribution in [-0.2, 0) is 19.9 Å². The molecule has 1 heterocycles. The van der Waals surface area contributed by atoms with Crippen molar-refractivity contribution in [1.29, 1.82) is 0 Å². The van der Waals surface area contributed by atoms with Crippen molar-refractivity contribution < 1.29 is 4.39 Å². The minimum absolute atomic E-state index is 0.134. The largest absolute Gasteiger partial charge is 0.324 e. The van der Waals surface area contributed by atoms with Gasteiger partial charge in [-0.25, -0.2) is 4.39 Å². The predicted octanol–water partition coefficient (Wildman–Crippen LogP) is 3.13. The first-order valence-corrected chi connectivity index (χ1v) is 7.02. The number of nitrogens with two attached hydrogens (primary N) is 1. The smallest absolute Gasteiger partial charge is 0.124 e. The van der Waals surface area contributed by atoms with Gasteiger partial charge >= 0.3 is 0 Å². The van der Waals surface area contributed by atoms with E-state index in [9.17, 15) is 4.39 Å². The van der Waals surface area contributed by atoms with E-state index in [4.69, 9.17) is 5.73 Å². The van der Waals surface area contributed by atoms with Crippen LogP contribution in [0.15, 0.2) is 28.9 Å². The molecule has 3 nitrogen and oxygen atoms in total. The minimum atomic E-state index is -0.250.